The van der Waals surface area contributed by atoms with Crippen LogP contribution in [0.3, 0.4) is 0 Å². The van der Waals surface area contributed by atoms with E-state index in [1.807, 2.05) is 25.1 Å². The standard InChI is InChI=1S/C26H23F3N2O4/c1-16(34-19-11-13-20(14-12-19)35-25(2,3)24(32)33)21-5-4-6-23-22(21)15-31(30-23)18-9-7-17(8-10-18)26(27,28)29/h4-16H,1-3H3,(H,32,33). The van der Waals surface area contributed by atoms with Crippen LogP contribution in [0.5, 0.6) is 11.5 Å². The number of nitrogens with zero attached hydrogens (tertiary/aromatic N) is 2. The van der Waals surface area contributed by atoms with Gasteiger partial charge >= 0.3 is 12.1 Å². The van der Waals surface area contributed by atoms with Gasteiger partial charge in [-0.25, -0.2) is 9.48 Å². The predicted octanol–water partition coefficient (Wildman–Crippen LogP) is 6.43. The highest BCUT2D eigenvalue weighted by atomic mass is 19.4. The van der Waals surface area contributed by atoms with E-state index < -0.39 is 23.3 Å². The van der Waals surface area contributed by atoms with E-state index >= 15 is 0 Å². The monoisotopic (exact) mass is 484 g/mol. The second-order valence-electron chi connectivity index (χ2n) is 8.55. The summed E-state index contributed by atoms with van der Waals surface area (Å²) >= 11 is 0. The van der Waals surface area contributed by atoms with Crippen molar-refractivity contribution < 1.29 is 32.5 Å². The summed E-state index contributed by atoms with van der Waals surface area (Å²) in [5, 5.41) is 14.5. The number of carboxylic acid groups (broad SMARTS) is 1. The van der Waals surface area contributed by atoms with Gasteiger partial charge in [0.05, 0.1) is 16.8 Å². The summed E-state index contributed by atoms with van der Waals surface area (Å²) < 4.78 is 51.7. The molecule has 0 amide bonds. The van der Waals surface area contributed by atoms with Gasteiger partial charge in [-0.1, -0.05) is 12.1 Å². The van der Waals surface area contributed by atoms with Gasteiger partial charge in [-0.3, -0.25) is 0 Å². The number of hydrogen-bond acceptors (Lipinski definition) is 4. The molecule has 0 aliphatic heterocycles. The summed E-state index contributed by atoms with van der Waals surface area (Å²) in [7, 11) is 0. The van der Waals surface area contributed by atoms with Crippen molar-refractivity contribution in [1.29, 1.82) is 0 Å². The van der Waals surface area contributed by atoms with Crippen molar-refractivity contribution in [2.75, 3.05) is 0 Å². The first-order valence-corrected chi connectivity index (χ1v) is 10.8. The molecule has 0 aliphatic rings. The lowest BCUT2D eigenvalue weighted by molar-refractivity contribution is -0.152. The third-order valence-electron chi connectivity index (χ3n) is 5.51. The Labute approximate surface area is 199 Å². The van der Waals surface area contributed by atoms with Crippen molar-refractivity contribution in [2.24, 2.45) is 0 Å². The molecule has 4 aromatic rings. The van der Waals surface area contributed by atoms with Crippen LogP contribution < -0.4 is 9.47 Å². The molecule has 3 aromatic carbocycles. The number of alkyl halides is 3. The maximum absolute atomic E-state index is 12.9. The third-order valence-corrected chi connectivity index (χ3v) is 5.51. The molecule has 0 bridgehead atoms. The first kappa shape index (κ1) is 24.1. The zero-order valence-corrected chi connectivity index (χ0v) is 19.2. The van der Waals surface area contributed by atoms with Crippen molar-refractivity contribution in [3.05, 3.63) is 84.1 Å². The molecule has 0 radical (unpaired) electrons. The Balaban J connectivity index is 1.54. The van der Waals surface area contributed by atoms with E-state index in [1.54, 1.807) is 30.5 Å². The second-order valence-corrected chi connectivity index (χ2v) is 8.55. The van der Waals surface area contributed by atoms with Gasteiger partial charge in [0.2, 0.25) is 0 Å². The summed E-state index contributed by atoms with van der Waals surface area (Å²) in [5.41, 5.74) is -0.0406. The van der Waals surface area contributed by atoms with Crippen molar-refractivity contribution in [1.82, 2.24) is 9.78 Å². The average molecular weight is 484 g/mol. The molecule has 0 fully saturated rings. The van der Waals surface area contributed by atoms with Gasteiger partial charge in [0, 0.05) is 17.1 Å². The Morgan fingerprint density at radius 2 is 1.60 bits per heavy atom. The Kier molecular flexibility index (Phi) is 6.19. The number of halogens is 3. The highest BCUT2D eigenvalue weighted by Crippen LogP contribution is 2.32. The lowest BCUT2D eigenvalue weighted by atomic mass is 10.1. The van der Waals surface area contributed by atoms with Crippen molar-refractivity contribution in [3.63, 3.8) is 0 Å². The molecule has 4 rings (SSSR count). The average Bonchev–Trinajstić information content (AvgIpc) is 3.24. The largest absolute Gasteiger partial charge is 0.486 e. The number of carbonyl (C=O) groups is 1. The molecule has 0 saturated heterocycles. The molecular weight excluding hydrogens is 461 g/mol. The minimum absolute atomic E-state index is 0.369. The van der Waals surface area contributed by atoms with Crippen LogP contribution in [-0.4, -0.2) is 26.5 Å². The summed E-state index contributed by atoms with van der Waals surface area (Å²) in [5.74, 6) is -0.112. The van der Waals surface area contributed by atoms with E-state index in [2.05, 4.69) is 5.10 Å². The maximum Gasteiger partial charge on any atom is 0.416 e. The van der Waals surface area contributed by atoms with Crippen LogP contribution in [0.1, 0.15) is 38.0 Å². The molecule has 1 heterocycles. The fourth-order valence-electron chi connectivity index (χ4n) is 3.55. The molecule has 0 saturated carbocycles. The van der Waals surface area contributed by atoms with E-state index in [9.17, 15) is 23.1 Å². The molecule has 1 atom stereocenters. The van der Waals surface area contributed by atoms with Gasteiger partial charge in [-0.15, -0.1) is 0 Å². The van der Waals surface area contributed by atoms with Crippen molar-refractivity contribution >= 4 is 16.9 Å². The maximum atomic E-state index is 12.9. The first-order chi connectivity index (χ1) is 16.4. The summed E-state index contributed by atoms with van der Waals surface area (Å²) in [4.78, 5) is 11.2. The summed E-state index contributed by atoms with van der Waals surface area (Å²) in [6, 6.07) is 17.0. The van der Waals surface area contributed by atoms with Gasteiger partial charge in [-0.2, -0.15) is 18.3 Å². The number of hydrogen-bond donors (Lipinski definition) is 1. The molecule has 0 aliphatic carbocycles. The van der Waals surface area contributed by atoms with E-state index in [0.29, 0.717) is 22.7 Å². The fraction of sp³-hybridized carbons (Fsp3) is 0.231. The molecule has 182 valence electrons. The smallest absolute Gasteiger partial charge is 0.416 e. The molecule has 35 heavy (non-hydrogen) atoms. The topological polar surface area (TPSA) is 73.6 Å². The molecule has 1 N–H and O–H groups in total. The minimum atomic E-state index is -4.40. The van der Waals surface area contributed by atoms with Gasteiger partial charge in [0.1, 0.15) is 17.6 Å². The van der Waals surface area contributed by atoms with Crippen LogP contribution in [0.4, 0.5) is 13.2 Å². The number of ether oxygens (including phenoxy) is 2. The fourth-order valence-corrected chi connectivity index (χ4v) is 3.55. The molecule has 1 aromatic heterocycles. The van der Waals surface area contributed by atoms with Crippen molar-refractivity contribution in [2.45, 2.75) is 38.7 Å². The molecule has 0 spiro atoms. The van der Waals surface area contributed by atoms with Crippen LogP contribution in [-0.2, 0) is 11.0 Å². The van der Waals surface area contributed by atoms with Gasteiger partial charge in [0.25, 0.3) is 0 Å². The Bertz CT molecular complexity index is 1340. The number of fused-ring (bicyclic) bond motifs is 1. The highest BCUT2D eigenvalue weighted by Gasteiger charge is 2.30. The number of carboxylic acids is 1. The predicted molar refractivity (Wildman–Crippen MR) is 124 cm³/mol. The number of aliphatic carboxylic acids is 1. The number of rotatable bonds is 7. The van der Waals surface area contributed by atoms with Crippen molar-refractivity contribution in [3.8, 4) is 17.2 Å². The van der Waals surface area contributed by atoms with Gasteiger partial charge in [0.15, 0.2) is 5.60 Å². The zero-order chi connectivity index (χ0) is 25.4. The molecule has 9 heteroatoms. The summed E-state index contributed by atoms with van der Waals surface area (Å²) in [6.07, 6.45) is -3.01. The van der Waals surface area contributed by atoms with E-state index in [0.717, 1.165) is 23.1 Å². The van der Waals surface area contributed by atoms with Crippen LogP contribution in [0.25, 0.3) is 16.6 Å². The third kappa shape index (κ3) is 5.24. The summed E-state index contributed by atoms with van der Waals surface area (Å²) in [6.45, 7) is 4.81. The molecule has 6 nitrogen and oxygen atoms in total. The Hall–Kier alpha value is -4.01. The molecule has 1 unspecified atom stereocenters. The van der Waals surface area contributed by atoms with Crippen LogP contribution in [0, 0.1) is 0 Å². The number of aromatic nitrogens is 2. The molecular formula is C26H23F3N2O4. The van der Waals surface area contributed by atoms with Crippen LogP contribution in [0.2, 0.25) is 0 Å². The van der Waals surface area contributed by atoms with Gasteiger partial charge in [-0.05, 0) is 75.4 Å². The van der Waals surface area contributed by atoms with Gasteiger partial charge < -0.3 is 14.6 Å². The van der Waals surface area contributed by atoms with E-state index in [-0.39, 0.29) is 6.10 Å². The van der Waals surface area contributed by atoms with Crippen LogP contribution in [0.15, 0.2) is 72.9 Å². The normalized spacial score (nSPS) is 13.0. The lowest BCUT2D eigenvalue weighted by Gasteiger charge is -2.22. The van der Waals surface area contributed by atoms with E-state index in [1.165, 1.54) is 30.7 Å². The SMILES string of the molecule is CC(Oc1ccc(OC(C)(C)C(=O)O)cc1)c1cccc2nn(-c3ccc(C(F)(F)F)cc3)cc12. The number of benzene rings is 3. The van der Waals surface area contributed by atoms with E-state index in [4.69, 9.17) is 9.47 Å². The second kappa shape index (κ2) is 8.98. The zero-order valence-electron chi connectivity index (χ0n) is 19.2. The first-order valence-electron chi connectivity index (χ1n) is 10.8. The lowest BCUT2D eigenvalue weighted by Crippen LogP contribution is -2.37. The Morgan fingerprint density at radius 3 is 2.20 bits per heavy atom. The van der Waals surface area contributed by atoms with Crippen LogP contribution >= 0.6 is 0 Å². The quantitative estimate of drug-likeness (QED) is 0.327. The highest BCUT2D eigenvalue weighted by molar-refractivity contribution is 5.82. The minimum Gasteiger partial charge on any atom is -0.486 e. The Morgan fingerprint density at radius 1 is 0.971 bits per heavy atom.